The topological polar surface area (TPSA) is 91.4 Å². The van der Waals surface area contributed by atoms with Crippen molar-refractivity contribution >= 4 is 10.2 Å². The fourth-order valence-electron chi connectivity index (χ4n) is 2.12. The van der Waals surface area contributed by atoms with Crippen LogP contribution in [0.3, 0.4) is 0 Å². The maximum Gasteiger partial charge on any atom is 0.282 e. The van der Waals surface area contributed by atoms with Crippen LogP contribution in [0.25, 0.3) is 0 Å². The largest absolute Gasteiger partial charge is 0.373 e. The number of hydrogen-bond donors (Lipinski definition) is 1. The Kier molecular flexibility index (Phi) is 4.19. The number of rotatable bonds is 4. The second-order valence-corrected chi connectivity index (χ2v) is 6.81. The van der Waals surface area contributed by atoms with Gasteiger partial charge in [-0.3, -0.25) is 5.10 Å². The Labute approximate surface area is 112 Å². The Morgan fingerprint density at radius 1 is 1.47 bits per heavy atom. The van der Waals surface area contributed by atoms with Crippen molar-refractivity contribution in [3.8, 4) is 0 Å². The van der Waals surface area contributed by atoms with Crippen LogP contribution < -0.4 is 0 Å². The van der Waals surface area contributed by atoms with Gasteiger partial charge < -0.3 is 4.74 Å². The molecule has 2 heterocycles. The number of nitrogens with zero attached hydrogens (tertiary/aromatic N) is 4. The van der Waals surface area contributed by atoms with E-state index in [-0.39, 0.29) is 18.8 Å². The average molecular weight is 289 g/mol. The van der Waals surface area contributed by atoms with Gasteiger partial charge in [0.2, 0.25) is 0 Å². The van der Waals surface area contributed by atoms with E-state index >= 15 is 0 Å². The van der Waals surface area contributed by atoms with Crippen molar-refractivity contribution in [1.29, 1.82) is 0 Å². The molecule has 19 heavy (non-hydrogen) atoms. The zero-order valence-corrected chi connectivity index (χ0v) is 12.1. The fourth-order valence-corrected chi connectivity index (χ4v) is 3.59. The highest BCUT2D eigenvalue weighted by Crippen LogP contribution is 2.17. The van der Waals surface area contributed by atoms with Gasteiger partial charge in [-0.15, -0.1) is 0 Å². The molecule has 1 aliphatic heterocycles. The number of H-pyrrole nitrogens is 1. The van der Waals surface area contributed by atoms with Crippen LogP contribution >= 0.6 is 0 Å². The minimum absolute atomic E-state index is 0.0998. The van der Waals surface area contributed by atoms with Crippen molar-refractivity contribution in [3.05, 3.63) is 12.2 Å². The van der Waals surface area contributed by atoms with Crippen molar-refractivity contribution in [2.45, 2.75) is 32.6 Å². The molecule has 0 bridgehead atoms. The summed E-state index contributed by atoms with van der Waals surface area (Å²) in [5.74, 6) is 0.514. The van der Waals surface area contributed by atoms with Crippen molar-refractivity contribution in [2.24, 2.45) is 0 Å². The van der Waals surface area contributed by atoms with E-state index in [0.717, 1.165) is 0 Å². The zero-order chi connectivity index (χ0) is 14.0. The highest BCUT2D eigenvalue weighted by atomic mass is 32.2. The normalized spacial score (nSPS) is 25.9. The van der Waals surface area contributed by atoms with Gasteiger partial charge in [-0.1, -0.05) is 0 Å². The number of aromatic nitrogens is 3. The Hall–Kier alpha value is -1.03. The second-order valence-electron chi connectivity index (χ2n) is 4.77. The third-order valence-electron chi connectivity index (χ3n) is 2.94. The summed E-state index contributed by atoms with van der Waals surface area (Å²) in [6, 6.07) is 0. The Morgan fingerprint density at radius 2 is 2.11 bits per heavy atom. The summed E-state index contributed by atoms with van der Waals surface area (Å²) in [4.78, 5) is 3.93. The summed E-state index contributed by atoms with van der Waals surface area (Å²) >= 11 is 0. The van der Waals surface area contributed by atoms with Crippen LogP contribution in [0.1, 0.15) is 19.7 Å². The van der Waals surface area contributed by atoms with E-state index in [0.29, 0.717) is 18.9 Å². The predicted octanol–water partition coefficient (Wildman–Crippen LogP) is -0.409. The molecule has 0 spiro atoms. The van der Waals surface area contributed by atoms with E-state index in [4.69, 9.17) is 4.74 Å². The van der Waals surface area contributed by atoms with Gasteiger partial charge in [-0.25, -0.2) is 4.98 Å². The fraction of sp³-hybridized carbons (Fsp3) is 0.800. The SMILES string of the molecule is CC1CN(S(=O)(=O)N(C)Cc2ncn[nH]2)CC(C)O1. The van der Waals surface area contributed by atoms with E-state index < -0.39 is 10.2 Å². The van der Waals surface area contributed by atoms with Crippen molar-refractivity contribution in [1.82, 2.24) is 23.8 Å². The van der Waals surface area contributed by atoms with Crippen molar-refractivity contribution < 1.29 is 13.2 Å². The molecule has 0 aromatic carbocycles. The summed E-state index contributed by atoms with van der Waals surface area (Å²) < 4.78 is 33.1. The molecule has 108 valence electrons. The lowest BCUT2D eigenvalue weighted by atomic mass is 10.3. The summed E-state index contributed by atoms with van der Waals surface area (Å²) in [6.07, 6.45) is 1.16. The summed E-state index contributed by atoms with van der Waals surface area (Å²) in [7, 11) is -1.97. The van der Waals surface area contributed by atoms with Crippen molar-refractivity contribution in [3.63, 3.8) is 0 Å². The maximum atomic E-state index is 12.4. The summed E-state index contributed by atoms with van der Waals surface area (Å²) in [6.45, 7) is 4.65. The van der Waals surface area contributed by atoms with E-state index in [1.54, 1.807) is 0 Å². The molecule has 0 radical (unpaired) electrons. The second kappa shape index (κ2) is 5.53. The van der Waals surface area contributed by atoms with Crippen LogP contribution in [-0.2, 0) is 21.5 Å². The van der Waals surface area contributed by atoms with E-state index in [9.17, 15) is 8.42 Å². The maximum absolute atomic E-state index is 12.4. The van der Waals surface area contributed by atoms with Gasteiger partial charge in [-0.05, 0) is 13.8 Å². The minimum Gasteiger partial charge on any atom is -0.373 e. The predicted molar refractivity (Wildman–Crippen MR) is 68.4 cm³/mol. The highest BCUT2D eigenvalue weighted by Gasteiger charge is 2.33. The molecule has 9 heteroatoms. The van der Waals surface area contributed by atoms with Gasteiger partial charge in [0.25, 0.3) is 10.2 Å². The van der Waals surface area contributed by atoms with Crippen LogP contribution in [0, 0.1) is 0 Å². The van der Waals surface area contributed by atoms with Crippen LogP contribution in [0.5, 0.6) is 0 Å². The van der Waals surface area contributed by atoms with Gasteiger partial charge in [0.1, 0.15) is 12.2 Å². The monoisotopic (exact) mass is 289 g/mol. The molecular formula is C10H19N5O3S. The van der Waals surface area contributed by atoms with Gasteiger partial charge in [0.05, 0.1) is 18.8 Å². The molecule has 1 fully saturated rings. The quantitative estimate of drug-likeness (QED) is 0.813. The van der Waals surface area contributed by atoms with Gasteiger partial charge in [0, 0.05) is 20.1 Å². The molecule has 0 aliphatic carbocycles. The summed E-state index contributed by atoms with van der Waals surface area (Å²) in [5, 5.41) is 6.35. The third-order valence-corrected chi connectivity index (χ3v) is 4.81. The molecule has 1 saturated heterocycles. The molecular weight excluding hydrogens is 270 g/mol. The highest BCUT2D eigenvalue weighted by molar-refractivity contribution is 7.86. The van der Waals surface area contributed by atoms with Crippen LogP contribution in [-0.4, -0.2) is 64.6 Å². The number of hydrogen-bond acceptors (Lipinski definition) is 5. The molecule has 1 N–H and O–H groups in total. The molecule has 2 atom stereocenters. The number of morpholine rings is 1. The number of nitrogens with one attached hydrogen (secondary N) is 1. The molecule has 0 saturated carbocycles. The number of aromatic amines is 1. The molecule has 2 unspecified atom stereocenters. The standard InChI is InChI=1S/C10H19N5O3S/c1-8-4-15(5-9(2)18-8)19(16,17)14(3)6-10-11-7-12-13-10/h7-9H,4-6H2,1-3H3,(H,11,12,13). The lowest BCUT2D eigenvalue weighted by Gasteiger charge is -2.36. The smallest absolute Gasteiger partial charge is 0.282 e. The van der Waals surface area contributed by atoms with E-state index in [2.05, 4.69) is 15.2 Å². The van der Waals surface area contributed by atoms with Crippen LogP contribution in [0.4, 0.5) is 0 Å². The lowest BCUT2D eigenvalue weighted by Crippen LogP contribution is -2.52. The summed E-state index contributed by atoms with van der Waals surface area (Å²) in [5.41, 5.74) is 0. The first-order valence-corrected chi connectivity index (χ1v) is 7.50. The molecule has 2 rings (SSSR count). The van der Waals surface area contributed by atoms with Gasteiger partial charge in [-0.2, -0.15) is 22.1 Å². The molecule has 0 amide bonds. The molecule has 1 aliphatic rings. The van der Waals surface area contributed by atoms with Gasteiger partial charge in [0.15, 0.2) is 0 Å². The Morgan fingerprint density at radius 3 is 2.63 bits per heavy atom. The van der Waals surface area contributed by atoms with Crippen LogP contribution in [0.2, 0.25) is 0 Å². The molecule has 8 nitrogen and oxygen atoms in total. The van der Waals surface area contributed by atoms with Crippen LogP contribution in [0.15, 0.2) is 6.33 Å². The zero-order valence-electron chi connectivity index (χ0n) is 11.3. The van der Waals surface area contributed by atoms with Crippen molar-refractivity contribution in [2.75, 3.05) is 20.1 Å². The van der Waals surface area contributed by atoms with Gasteiger partial charge >= 0.3 is 0 Å². The first-order chi connectivity index (χ1) is 8.89. The molecule has 1 aromatic rings. The third kappa shape index (κ3) is 3.30. The average Bonchev–Trinajstić information content (AvgIpc) is 2.80. The Balaban J connectivity index is 2.08. The first-order valence-electron chi connectivity index (χ1n) is 6.10. The molecule has 1 aromatic heterocycles. The lowest BCUT2D eigenvalue weighted by molar-refractivity contribution is -0.0453. The minimum atomic E-state index is -3.51. The van der Waals surface area contributed by atoms with E-state index in [1.165, 1.54) is 22.0 Å². The number of ether oxygens (including phenoxy) is 1. The first kappa shape index (κ1) is 14.4. The Bertz CT molecular complexity index is 493. The van der Waals surface area contributed by atoms with E-state index in [1.807, 2.05) is 13.8 Å².